The fourth-order valence-corrected chi connectivity index (χ4v) is 3.41. The van der Waals surface area contributed by atoms with Gasteiger partial charge in [0.1, 0.15) is 0 Å². The molecule has 7 nitrogen and oxygen atoms in total. The topological polar surface area (TPSA) is 90.5 Å². The number of imide groups is 1. The highest BCUT2D eigenvalue weighted by molar-refractivity contribution is 6.31. The number of nitrogens with one attached hydrogen (secondary N) is 3. The summed E-state index contributed by atoms with van der Waals surface area (Å²) in [6, 6.07) is 4.94. The van der Waals surface area contributed by atoms with Crippen LogP contribution in [0.2, 0.25) is 5.02 Å². The third-order valence-corrected chi connectivity index (χ3v) is 5.08. The van der Waals surface area contributed by atoms with Crippen LogP contribution < -0.4 is 16.0 Å². The summed E-state index contributed by atoms with van der Waals surface area (Å²) in [5, 5.41) is 8.54. The van der Waals surface area contributed by atoms with E-state index in [1.54, 1.807) is 17.0 Å². The Morgan fingerprint density at radius 2 is 1.79 bits per heavy atom. The summed E-state index contributed by atoms with van der Waals surface area (Å²) in [4.78, 5) is 38.1. The van der Waals surface area contributed by atoms with Gasteiger partial charge in [-0.2, -0.15) is 0 Å². The molecule has 0 unspecified atom stereocenters. The highest BCUT2D eigenvalue weighted by Crippen LogP contribution is 2.20. The molecule has 0 radical (unpaired) electrons. The first-order valence-corrected chi connectivity index (χ1v) is 10.1. The number of rotatable bonds is 7. The molecule has 1 saturated carbocycles. The first kappa shape index (κ1) is 22.2. The van der Waals surface area contributed by atoms with Crippen molar-refractivity contribution in [1.29, 1.82) is 0 Å². The first-order valence-electron chi connectivity index (χ1n) is 9.76. The second kappa shape index (κ2) is 11.0. The molecule has 0 bridgehead atoms. The number of carbonyl (C=O) groups excluding carboxylic acids is 3. The number of hydrogen-bond donors (Lipinski definition) is 3. The Kier molecular flexibility index (Phi) is 8.73. The lowest BCUT2D eigenvalue weighted by atomic mass is 9.96. The first-order chi connectivity index (χ1) is 13.4. The number of nitrogens with zero attached hydrogens (tertiary/aromatic N) is 1. The summed E-state index contributed by atoms with van der Waals surface area (Å²) in [6.07, 6.45) is 5.30. The van der Waals surface area contributed by atoms with Crippen LogP contribution in [0.5, 0.6) is 0 Å². The van der Waals surface area contributed by atoms with Crippen molar-refractivity contribution in [2.75, 3.05) is 25.0 Å². The van der Waals surface area contributed by atoms with Crippen LogP contribution >= 0.6 is 11.6 Å². The van der Waals surface area contributed by atoms with Crippen molar-refractivity contribution >= 4 is 35.1 Å². The number of carbonyl (C=O) groups is 3. The van der Waals surface area contributed by atoms with Gasteiger partial charge in [0.05, 0.1) is 13.1 Å². The quantitative estimate of drug-likeness (QED) is 0.646. The number of amides is 4. The molecule has 0 saturated heterocycles. The van der Waals surface area contributed by atoms with Crippen molar-refractivity contribution < 1.29 is 14.4 Å². The van der Waals surface area contributed by atoms with Gasteiger partial charge in [-0.1, -0.05) is 43.9 Å². The number of anilines is 1. The predicted molar refractivity (Wildman–Crippen MR) is 110 cm³/mol. The van der Waals surface area contributed by atoms with E-state index in [-0.39, 0.29) is 25.0 Å². The van der Waals surface area contributed by atoms with Gasteiger partial charge < -0.3 is 10.6 Å². The second-order valence-electron chi connectivity index (χ2n) is 7.17. The van der Waals surface area contributed by atoms with Crippen LogP contribution in [0.15, 0.2) is 18.2 Å². The minimum atomic E-state index is -0.466. The smallest absolute Gasteiger partial charge is 0.321 e. The lowest BCUT2D eigenvalue weighted by molar-refractivity contribution is -0.122. The van der Waals surface area contributed by atoms with E-state index in [0.717, 1.165) is 31.2 Å². The number of urea groups is 1. The van der Waals surface area contributed by atoms with Gasteiger partial charge in [-0.15, -0.1) is 0 Å². The van der Waals surface area contributed by atoms with E-state index in [1.807, 2.05) is 19.9 Å². The summed E-state index contributed by atoms with van der Waals surface area (Å²) in [7, 11) is 0. The second-order valence-corrected chi connectivity index (χ2v) is 7.60. The van der Waals surface area contributed by atoms with E-state index in [1.165, 1.54) is 6.42 Å². The molecule has 1 aromatic rings. The summed E-state index contributed by atoms with van der Waals surface area (Å²) >= 11 is 5.97. The van der Waals surface area contributed by atoms with E-state index >= 15 is 0 Å². The van der Waals surface area contributed by atoms with Crippen molar-refractivity contribution in [3.8, 4) is 0 Å². The van der Waals surface area contributed by atoms with Gasteiger partial charge in [0.2, 0.25) is 11.8 Å². The molecule has 0 aliphatic heterocycles. The average molecular weight is 409 g/mol. The van der Waals surface area contributed by atoms with Gasteiger partial charge in [0.15, 0.2) is 0 Å². The molecule has 0 atom stereocenters. The van der Waals surface area contributed by atoms with E-state index in [9.17, 15) is 14.4 Å². The monoisotopic (exact) mass is 408 g/mol. The van der Waals surface area contributed by atoms with Crippen LogP contribution in [0.4, 0.5) is 10.5 Å². The summed E-state index contributed by atoms with van der Waals surface area (Å²) < 4.78 is 0. The largest absolute Gasteiger partial charge is 0.335 e. The Hall–Kier alpha value is -2.12. The predicted octanol–water partition coefficient (Wildman–Crippen LogP) is 3.07. The molecular formula is C20H29ClN4O3. The Morgan fingerprint density at radius 3 is 2.46 bits per heavy atom. The van der Waals surface area contributed by atoms with Crippen molar-refractivity contribution in [1.82, 2.24) is 15.5 Å². The van der Waals surface area contributed by atoms with E-state index in [4.69, 9.17) is 11.6 Å². The lowest BCUT2D eigenvalue weighted by Gasteiger charge is -2.23. The minimum absolute atomic E-state index is 0.0312. The van der Waals surface area contributed by atoms with Gasteiger partial charge >= 0.3 is 6.03 Å². The maximum atomic E-state index is 12.3. The van der Waals surface area contributed by atoms with E-state index in [2.05, 4.69) is 16.0 Å². The Bertz CT molecular complexity index is 705. The van der Waals surface area contributed by atoms with Crippen molar-refractivity contribution in [3.05, 3.63) is 28.8 Å². The van der Waals surface area contributed by atoms with Gasteiger partial charge in [0.25, 0.3) is 0 Å². The van der Waals surface area contributed by atoms with Gasteiger partial charge in [-0.05, 0) is 44.0 Å². The summed E-state index contributed by atoms with van der Waals surface area (Å²) in [5.41, 5.74) is 1.54. The maximum absolute atomic E-state index is 12.3. The van der Waals surface area contributed by atoms with Crippen molar-refractivity contribution in [2.45, 2.75) is 52.0 Å². The third kappa shape index (κ3) is 7.48. The van der Waals surface area contributed by atoms with Crippen LogP contribution in [-0.4, -0.2) is 48.4 Å². The molecule has 4 amide bonds. The standard InChI is InChI=1S/C20H29ClN4O3/c1-3-25(12-18(26)23-17-11-15(21)10-9-14(17)2)13-19(27)24-20(28)22-16-7-5-4-6-8-16/h9-11,16H,3-8,12-13H2,1-2H3,(H,23,26)(H2,22,24,27,28). The Labute approximate surface area is 171 Å². The highest BCUT2D eigenvalue weighted by atomic mass is 35.5. The lowest BCUT2D eigenvalue weighted by Crippen LogP contribution is -2.48. The van der Waals surface area contributed by atoms with Crippen LogP contribution in [-0.2, 0) is 9.59 Å². The molecule has 1 aliphatic rings. The molecule has 1 aliphatic carbocycles. The van der Waals surface area contributed by atoms with Gasteiger partial charge in [0, 0.05) is 16.8 Å². The minimum Gasteiger partial charge on any atom is -0.335 e. The molecule has 0 heterocycles. The fraction of sp³-hybridized carbons (Fsp3) is 0.550. The van der Waals surface area contributed by atoms with E-state index < -0.39 is 11.9 Å². The number of likely N-dealkylation sites (N-methyl/N-ethyl adjacent to an activating group) is 1. The maximum Gasteiger partial charge on any atom is 0.321 e. The summed E-state index contributed by atoms with van der Waals surface area (Å²) in [6.45, 7) is 4.24. The number of hydrogen-bond acceptors (Lipinski definition) is 4. The highest BCUT2D eigenvalue weighted by Gasteiger charge is 2.19. The molecule has 28 heavy (non-hydrogen) atoms. The molecule has 1 aromatic carbocycles. The van der Waals surface area contributed by atoms with Crippen LogP contribution in [0.1, 0.15) is 44.6 Å². The molecule has 154 valence electrons. The molecule has 0 spiro atoms. The summed E-state index contributed by atoms with van der Waals surface area (Å²) in [5.74, 6) is -0.673. The zero-order chi connectivity index (χ0) is 20.5. The van der Waals surface area contributed by atoms with E-state index in [0.29, 0.717) is 17.3 Å². The molecule has 8 heteroatoms. The Morgan fingerprint density at radius 1 is 1.11 bits per heavy atom. The van der Waals surface area contributed by atoms with Crippen LogP contribution in [0.25, 0.3) is 0 Å². The average Bonchev–Trinajstić information content (AvgIpc) is 2.64. The molecule has 0 aromatic heterocycles. The normalized spacial score (nSPS) is 14.6. The molecule has 3 N–H and O–H groups in total. The van der Waals surface area contributed by atoms with Crippen LogP contribution in [0, 0.1) is 6.92 Å². The molecule has 1 fully saturated rings. The van der Waals surface area contributed by atoms with Crippen molar-refractivity contribution in [2.24, 2.45) is 0 Å². The third-order valence-electron chi connectivity index (χ3n) is 4.85. The van der Waals surface area contributed by atoms with Crippen LogP contribution in [0.3, 0.4) is 0 Å². The SMILES string of the molecule is CCN(CC(=O)NC(=O)NC1CCCCC1)CC(=O)Nc1cc(Cl)ccc1C. The number of aryl methyl sites for hydroxylation is 1. The van der Waals surface area contributed by atoms with Gasteiger partial charge in [-0.3, -0.25) is 19.8 Å². The zero-order valence-electron chi connectivity index (χ0n) is 16.5. The Balaban J connectivity index is 1.78. The number of benzene rings is 1. The molecule has 2 rings (SSSR count). The molecular weight excluding hydrogens is 380 g/mol. The fourth-order valence-electron chi connectivity index (χ4n) is 3.24. The zero-order valence-corrected chi connectivity index (χ0v) is 17.3. The van der Waals surface area contributed by atoms with Gasteiger partial charge in [-0.25, -0.2) is 4.79 Å². The van der Waals surface area contributed by atoms with Crippen molar-refractivity contribution in [3.63, 3.8) is 0 Å². The number of halogens is 1.